The van der Waals surface area contributed by atoms with Gasteiger partial charge in [-0.15, -0.1) is 0 Å². The van der Waals surface area contributed by atoms with E-state index in [0.717, 1.165) is 0 Å². The minimum absolute atomic E-state index is 0.0434. The van der Waals surface area contributed by atoms with Gasteiger partial charge in [0, 0.05) is 0 Å². The topological polar surface area (TPSA) is 166 Å². The molecule has 36 heavy (non-hydrogen) atoms. The first kappa shape index (κ1) is 26.7. The van der Waals surface area contributed by atoms with E-state index in [-0.39, 0.29) is 61.5 Å². The summed E-state index contributed by atoms with van der Waals surface area (Å²) in [5, 5.41) is 0. The van der Waals surface area contributed by atoms with Crippen LogP contribution in [0.4, 0.5) is 0 Å². The molecule has 36 heteroatoms. The monoisotopic (exact) mass is 494 g/mol. The molecule has 6 fully saturated rings. The molecule has 0 aromatic carbocycles. The van der Waals surface area contributed by atoms with Crippen molar-refractivity contribution in [3.63, 3.8) is 0 Å². The highest BCUT2D eigenvalue weighted by Crippen LogP contribution is 2.19. The second-order valence-electron chi connectivity index (χ2n) is 7.58. The van der Waals surface area contributed by atoms with E-state index in [1.807, 2.05) is 0 Å². The van der Waals surface area contributed by atoms with E-state index in [1.165, 1.54) is 0 Å². The van der Waals surface area contributed by atoms with Crippen molar-refractivity contribution in [2.24, 2.45) is 0 Å². The van der Waals surface area contributed by atoms with Crippen molar-refractivity contribution >= 4 is 132 Å². The fraction of sp³-hybridized carbons (Fsp3) is 0. The molecule has 6 aliphatic rings. The van der Waals surface area contributed by atoms with E-state index in [4.69, 9.17) is 82.3 Å². The molecule has 0 spiro atoms. The van der Waals surface area contributed by atoms with Crippen molar-refractivity contribution in [1.82, 2.24) is 0 Å². The van der Waals surface area contributed by atoms with Crippen molar-refractivity contribution in [2.75, 3.05) is 0 Å². The third-order valence-electron chi connectivity index (χ3n) is 5.31. The first-order valence-electron chi connectivity index (χ1n) is 11.0. The second-order valence-corrected chi connectivity index (χ2v) is 7.58. The predicted octanol–water partition coefficient (Wildman–Crippen LogP) is -10.2. The predicted molar refractivity (Wildman–Crippen MR) is 134 cm³/mol. The Kier molecular flexibility index (Phi) is 9.78. The zero-order valence-corrected chi connectivity index (χ0v) is 18.8. The van der Waals surface area contributed by atoms with Crippen LogP contribution in [0.15, 0.2) is 0 Å². The average Bonchev–Trinajstić information content (AvgIpc) is 2.98. The lowest BCUT2D eigenvalue weighted by Gasteiger charge is -2.37. The SMILES string of the molecule is B1OBOB(B2OBOB(B3OBOB(B4OBOB(B5OBOB(B6OBOBO6)O5)O4)O3)O2)O1. The molecule has 0 aromatic heterocycles. The summed E-state index contributed by atoms with van der Waals surface area (Å²) >= 11 is 0. The Bertz CT molecular complexity index is 618. The van der Waals surface area contributed by atoms with Gasteiger partial charge in [0.25, 0.3) is 0 Å². The molecule has 6 rings (SSSR count). The molecule has 18 nitrogen and oxygen atoms in total. The Morgan fingerprint density at radius 3 is 0.667 bits per heavy atom. The molecule has 0 N–H and O–H groups in total. The first-order chi connectivity index (χ1) is 17.8. The van der Waals surface area contributed by atoms with Gasteiger partial charge in [-0.1, -0.05) is 0 Å². The molecule has 6 aliphatic heterocycles. The highest BCUT2D eigenvalue weighted by atomic mass is 16.8. The van der Waals surface area contributed by atoms with Gasteiger partial charge in [0.1, 0.15) is 0 Å². The van der Waals surface area contributed by atoms with Gasteiger partial charge in [-0.3, -0.25) is 0 Å². The van der Waals surface area contributed by atoms with Crippen LogP contribution < -0.4 is 0 Å². The molecule has 0 radical (unpaired) electrons. The fourth-order valence-corrected chi connectivity index (χ4v) is 3.62. The van der Waals surface area contributed by atoms with Crippen LogP contribution in [-0.4, -0.2) is 132 Å². The first-order valence-corrected chi connectivity index (χ1v) is 11.0. The molecule has 0 atom stereocenters. The smallest absolute Gasteiger partial charge is 0.457 e. The average molecular weight is 491 g/mol. The summed E-state index contributed by atoms with van der Waals surface area (Å²) in [5.41, 5.74) is 0. The Labute approximate surface area is 214 Å². The van der Waals surface area contributed by atoms with Gasteiger partial charge in [-0.2, -0.15) is 0 Å². The van der Waals surface area contributed by atoms with Crippen LogP contribution in [0, 0.1) is 0 Å². The molecule has 0 bridgehead atoms. The summed E-state index contributed by atoms with van der Waals surface area (Å²) in [4.78, 5) is 0. The number of hydrogen-bond donors (Lipinski definition) is 0. The molecule has 0 aromatic rings. The molecule has 170 valence electrons. The van der Waals surface area contributed by atoms with Gasteiger partial charge >= 0.3 is 132 Å². The van der Waals surface area contributed by atoms with E-state index < -0.39 is 70.1 Å². The van der Waals surface area contributed by atoms with Crippen molar-refractivity contribution in [3.05, 3.63) is 0 Å². The molecular weight excluding hydrogens is 483 g/mol. The Morgan fingerprint density at radius 1 is 0.222 bits per heavy atom. The standard InChI is InChI=1S/B18H8O18/c1-19-2-22-9(21-1)11-25-5-27-13(33-11)15-29-7-31-17(35-15)18-32-8-30-16(36-18)14-28-6-26-12(34-14)10-23-3-20-4-24-10/h1-8H. The Morgan fingerprint density at radius 2 is 0.417 bits per heavy atom. The van der Waals surface area contributed by atoms with E-state index in [1.54, 1.807) is 0 Å². The quantitative estimate of drug-likeness (QED) is 0.333. The van der Waals surface area contributed by atoms with Gasteiger partial charge < -0.3 is 82.3 Å². The van der Waals surface area contributed by atoms with E-state index in [0.29, 0.717) is 0 Å². The van der Waals surface area contributed by atoms with Crippen molar-refractivity contribution in [2.45, 2.75) is 0 Å². The third-order valence-corrected chi connectivity index (χ3v) is 5.31. The van der Waals surface area contributed by atoms with Gasteiger partial charge in [0.2, 0.25) is 0 Å². The van der Waals surface area contributed by atoms with Crippen molar-refractivity contribution < 1.29 is 82.3 Å². The Hall–Kier alpha value is 0.449. The number of rotatable bonds is 5. The van der Waals surface area contributed by atoms with E-state index in [2.05, 4.69) is 0 Å². The maximum absolute atomic E-state index is 5.83. The highest BCUT2D eigenvalue weighted by Gasteiger charge is 2.59. The molecule has 6 saturated heterocycles. The summed E-state index contributed by atoms with van der Waals surface area (Å²) in [7, 11) is -9.79. The molecular formula is H8B18O18. The van der Waals surface area contributed by atoms with Crippen LogP contribution in [-0.2, 0) is 82.3 Å². The molecule has 0 aliphatic carbocycles. The van der Waals surface area contributed by atoms with E-state index in [9.17, 15) is 0 Å². The normalized spacial score (nSPS) is 25.6. The molecule has 0 unspecified atom stereocenters. The molecule has 0 saturated carbocycles. The zero-order valence-electron chi connectivity index (χ0n) is 18.8. The summed E-state index contributed by atoms with van der Waals surface area (Å²) in [6.07, 6.45) is 0. The highest BCUT2D eigenvalue weighted by molar-refractivity contribution is 7.28. The van der Waals surface area contributed by atoms with Crippen LogP contribution >= 0.6 is 0 Å². The van der Waals surface area contributed by atoms with Crippen LogP contribution in [0.2, 0.25) is 0 Å². The maximum Gasteiger partial charge on any atom is 0.457 e. The lowest BCUT2D eigenvalue weighted by Crippen LogP contribution is -2.68. The molecule has 6 heterocycles. The number of hydrogen-bond acceptors (Lipinski definition) is 18. The fourth-order valence-electron chi connectivity index (χ4n) is 3.62. The van der Waals surface area contributed by atoms with Crippen LogP contribution in [0.5, 0.6) is 0 Å². The summed E-state index contributed by atoms with van der Waals surface area (Å²) < 4.78 is 98.1. The van der Waals surface area contributed by atoms with Crippen molar-refractivity contribution in [1.29, 1.82) is 0 Å². The third kappa shape index (κ3) is 6.59. The maximum atomic E-state index is 5.83. The van der Waals surface area contributed by atoms with Gasteiger partial charge in [-0.25, -0.2) is 0 Å². The lowest BCUT2D eigenvalue weighted by atomic mass is 9.34. The van der Waals surface area contributed by atoms with Crippen LogP contribution in [0.25, 0.3) is 0 Å². The minimum Gasteiger partial charge on any atom is -0.458 e. The zero-order chi connectivity index (χ0) is 24.2. The van der Waals surface area contributed by atoms with Crippen LogP contribution in [0.3, 0.4) is 0 Å². The van der Waals surface area contributed by atoms with Gasteiger partial charge in [0.15, 0.2) is 0 Å². The van der Waals surface area contributed by atoms with E-state index >= 15 is 0 Å². The molecule has 0 amide bonds. The lowest BCUT2D eigenvalue weighted by molar-refractivity contribution is 0.257. The van der Waals surface area contributed by atoms with Gasteiger partial charge in [0.05, 0.1) is 0 Å². The van der Waals surface area contributed by atoms with Crippen LogP contribution in [0.1, 0.15) is 0 Å². The van der Waals surface area contributed by atoms with Crippen molar-refractivity contribution in [3.8, 4) is 0 Å². The largest absolute Gasteiger partial charge is 0.458 e. The summed E-state index contributed by atoms with van der Waals surface area (Å²) in [5.74, 6) is 0. The van der Waals surface area contributed by atoms with Gasteiger partial charge in [-0.05, 0) is 0 Å². The summed E-state index contributed by atoms with van der Waals surface area (Å²) in [6.45, 7) is 0. The second kappa shape index (κ2) is 13.2. The Balaban J connectivity index is 1.02. The summed E-state index contributed by atoms with van der Waals surface area (Å²) in [6, 6.07) is 0. The minimum atomic E-state index is -1.03.